The fraction of sp³-hybridized carbons (Fsp3) is 0.562. The molecule has 1 aromatic rings. The molecule has 8 atom stereocenters. The number of allylic oxidation sites excluding steroid dienone is 1. The number of carbonyl (C=O) groups is 4. The minimum absolute atomic E-state index is 0.107. The summed E-state index contributed by atoms with van der Waals surface area (Å²) in [6, 6.07) is 5.19. The maximum absolute atomic E-state index is 14.6. The van der Waals surface area contributed by atoms with Crippen LogP contribution in [0.5, 0.6) is 5.75 Å². The Labute approximate surface area is 266 Å². The quantitative estimate of drug-likeness (QED) is 0.165. The summed E-state index contributed by atoms with van der Waals surface area (Å²) in [7, 11) is 1.55. The van der Waals surface area contributed by atoms with Gasteiger partial charge in [-0.2, -0.15) is 0 Å². The van der Waals surface area contributed by atoms with Crippen LogP contribution in [0.4, 0.5) is 5.69 Å². The predicted molar refractivity (Wildman–Crippen MR) is 167 cm³/mol. The summed E-state index contributed by atoms with van der Waals surface area (Å²) in [5.41, 5.74) is -0.754. The molecule has 240 valence electrons. The number of amides is 3. The number of nitrogens with zero attached hydrogens (tertiary/aromatic N) is 2. The van der Waals surface area contributed by atoms with Gasteiger partial charge in [-0.25, -0.2) is 0 Å². The number of nitrogens with one attached hydrogen (secondary N) is 1. The first-order valence-electron chi connectivity index (χ1n) is 15.0. The van der Waals surface area contributed by atoms with E-state index in [9.17, 15) is 24.3 Å². The summed E-state index contributed by atoms with van der Waals surface area (Å²) in [6.45, 7) is 10.8. The molecule has 1 aromatic carbocycles. The molecule has 0 radical (unpaired) electrons. The van der Waals surface area contributed by atoms with Crippen molar-refractivity contribution >= 4 is 45.3 Å². The molecule has 1 unspecified atom stereocenters. The van der Waals surface area contributed by atoms with Crippen molar-refractivity contribution in [3.05, 3.63) is 49.6 Å². The number of ether oxygens (including phenoxy) is 3. The van der Waals surface area contributed by atoms with Crippen LogP contribution in [0.1, 0.15) is 39.5 Å². The Balaban J connectivity index is 1.67. The van der Waals surface area contributed by atoms with E-state index < -0.39 is 59.5 Å². The number of hydrogen-bond acceptors (Lipinski definition) is 8. The molecule has 3 heterocycles. The zero-order valence-electron chi connectivity index (χ0n) is 25.4. The van der Waals surface area contributed by atoms with Gasteiger partial charge in [0.05, 0.1) is 44.2 Å². The highest BCUT2D eigenvalue weighted by Crippen LogP contribution is 2.61. The van der Waals surface area contributed by atoms with Gasteiger partial charge in [-0.15, -0.1) is 13.2 Å². The first-order chi connectivity index (χ1) is 21.1. The minimum Gasteiger partial charge on any atom is -0.497 e. The van der Waals surface area contributed by atoms with Gasteiger partial charge >= 0.3 is 5.97 Å². The Morgan fingerprint density at radius 3 is 2.57 bits per heavy atom. The van der Waals surface area contributed by atoms with Crippen molar-refractivity contribution in [3.8, 4) is 5.75 Å². The molecule has 2 bridgehead atoms. The molecule has 44 heavy (non-hydrogen) atoms. The average Bonchev–Trinajstić information content (AvgIpc) is 3.61. The lowest BCUT2D eigenvalue weighted by atomic mass is 9.70. The Morgan fingerprint density at radius 1 is 1.27 bits per heavy atom. The van der Waals surface area contributed by atoms with Crippen LogP contribution in [0.3, 0.4) is 0 Å². The molecule has 3 fully saturated rings. The summed E-state index contributed by atoms with van der Waals surface area (Å²) in [4.78, 5) is 57.3. The Hall–Kier alpha value is -3.22. The summed E-state index contributed by atoms with van der Waals surface area (Å²) in [6.07, 6.45) is 3.39. The molecule has 12 heteroatoms. The summed E-state index contributed by atoms with van der Waals surface area (Å²) >= 11 is 3.66. The minimum atomic E-state index is -1.33. The van der Waals surface area contributed by atoms with Crippen LogP contribution in [0.25, 0.3) is 0 Å². The van der Waals surface area contributed by atoms with Crippen molar-refractivity contribution in [3.63, 3.8) is 0 Å². The highest BCUT2D eigenvalue weighted by Gasteiger charge is 2.77. The molecular weight excluding hydrogens is 634 g/mol. The van der Waals surface area contributed by atoms with Gasteiger partial charge < -0.3 is 34.4 Å². The largest absolute Gasteiger partial charge is 0.497 e. The first kappa shape index (κ1) is 33.7. The Bertz CT molecular complexity index is 1250. The maximum Gasteiger partial charge on any atom is 0.312 e. The number of rotatable bonds is 15. The second-order valence-electron chi connectivity index (χ2n) is 11.5. The first-order valence-corrected chi connectivity index (χ1v) is 15.9. The van der Waals surface area contributed by atoms with Crippen molar-refractivity contribution < 1.29 is 38.5 Å². The lowest BCUT2D eigenvalue weighted by molar-refractivity contribution is -0.159. The van der Waals surface area contributed by atoms with Crippen molar-refractivity contribution in [2.45, 2.75) is 74.3 Å². The monoisotopic (exact) mass is 675 g/mol. The molecule has 2 N–H and O–H groups in total. The van der Waals surface area contributed by atoms with Crippen LogP contribution >= 0.6 is 15.9 Å². The number of likely N-dealkylation sites (tertiary alicyclic amines) is 1. The van der Waals surface area contributed by atoms with Crippen LogP contribution in [0.15, 0.2) is 49.6 Å². The van der Waals surface area contributed by atoms with E-state index in [1.165, 1.54) is 9.80 Å². The number of anilines is 1. The van der Waals surface area contributed by atoms with Gasteiger partial charge in [-0.05, 0) is 50.5 Å². The second kappa shape index (κ2) is 14.3. The van der Waals surface area contributed by atoms with E-state index in [1.807, 2.05) is 6.92 Å². The number of fused-ring (bicyclic) bond motifs is 1. The standard InChI is InChI=1S/C32H42BrN3O8/c1-6-9-10-24(38)34-17-19(4)43-31(41)25-26-29(39)36(20(8-3)18-37)28(32(26)16-23(33)27(25)44-32)30(40)35(15-7-2)21-11-13-22(42-5)14-12-21/h6-7,11-14,19-20,23,25-28,37H,1-2,8-10,15-18H2,3-5H3,(H,34,38)/t19-,20-,23?,25+,26-,27+,28+,32-/m0/s1. The molecule has 3 amide bonds. The van der Waals surface area contributed by atoms with E-state index >= 15 is 0 Å². The number of halogens is 1. The van der Waals surface area contributed by atoms with Gasteiger partial charge in [0.15, 0.2) is 0 Å². The van der Waals surface area contributed by atoms with E-state index in [0.717, 1.165) is 0 Å². The number of alkyl halides is 1. The Kier molecular flexibility index (Phi) is 10.9. The van der Waals surface area contributed by atoms with E-state index in [2.05, 4.69) is 34.4 Å². The van der Waals surface area contributed by atoms with Gasteiger partial charge in [0.2, 0.25) is 11.8 Å². The lowest BCUT2D eigenvalue weighted by Crippen LogP contribution is -2.59. The van der Waals surface area contributed by atoms with Crippen LogP contribution in [0.2, 0.25) is 0 Å². The third kappa shape index (κ3) is 6.16. The van der Waals surface area contributed by atoms with Crippen molar-refractivity contribution in [1.29, 1.82) is 0 Å². The fourth-order valence-electron chi connectivity index (χ4n) is 6.68. The molecule has 11 nitrogen and oxygen atoms in total. The third-order valence-electron chi connectivity index (χ3n) is 8.75. The van der Waals surface area contributed by atoms with E-state index in [-0.39, 0.29) is 36.9 Å². The van der Waals surface area contributed by atoms with Gasteiger partial charge in [0.25, 0.3) is 5.91 Å². The zero-order chi connectivity index (χ0) is 32.2. The molecule has 3 aliphatic heterocycles. The SMILES string of the molecule is C=CCCC(=O)NC[C@H](C)OC(=O)[C@H]1[C@@H]2O[C@@]3(CC2Br)[C@@H]1C(=O)N([C@@H](CC)CO)[C@@H]3C(=O)N(CC=C)c1ccc(OC)cc1. The summed E-state index contributed by atoms with van der Waals surface area (Å²) in [5, 5.41) is 13.1. The Morgan fingerprint density at radius 2 is 1.98 bits per heavy atom. The number of aliphatic hydroxyl groups is 1. The zero-order valence-corrected chi connectivity index (χ0v) is 27.0. The van der Waals surface area contributed by atoms with E-state index in [4.69, 9.17) is 14.2 Å². The van der Waals surface area contributed by atoms with Crippen molar-refractivity contribution in [2.24, 2.45) is 11.8 Å². The van der Waals surface area contributed by atoms with Crippen LogP contribution < -0.4 is 15.0 Å². The van der Waals surface area contributed by atoms with Crippen LogP contribution in [-0.4, -0.2) is 95.2 Å². The molecule has 3 aliphatic rings. The smallest absolute Gasteiger partial charge is 0.312 e. The highest BCUT2D eigenvalue weighted by molar-refractivity contribution is 9.09. The molecule has 1 spiro atoms. The van der Waals surface area contributed by atoms with Crippen molar-refractivity contribution in [2.75, 3.05) is 31.7 Å². The fourth-order valence-corrected chi connectivity index (χ4v) is 7.63. The number of carbonyl (C=O) groups excluding carboxylic acids is 4. The van der Waals surface area contributed by atoms with Gasteiger partial charge in [-0.3, -0.25) is 19.2 Å². The van der Waals surface area contributed by atoms with Gasteiger partial charge in [-0.1, -0.05) is 35.0 Å². The number of hydrogen-bond donors (Lipinski definition) is 2. The number of methoxy groups -OCH3 is 1. The predicted octanol–water partition coefficient (Wildman–Crippen LogP) is 2.75. The van der Waals surface area contributed by atoms with E-state index in [1.54, 1.807) is 50.5 Å². The number of aliphatic hydroxyl groups excluding tert-OH is 1. The maximum atomic E-state index is 14.6. The van der Waals surface area contributed by atoms with Gasteiger partial charge in [0.1, 0.15) is 23.5 Å². The topological polar surface area (TPSA) is 135 Å². The van der Waals surface area contributed by atoms with Gasteiger partial charge in [0, 0.05) is 23.5 Å². The molecule has 4 rings (SSSR count). The molecule has 0 aliphatic carbocycles. The molecule has 0 saturated carbocycles. The highest BCUT2D eigenvalue weighted by atomic mass is 79.9. The molecular formula is C32H42BrN3O8. The van der Waals surface area contributed by atoms with Crippen LogP contribution in [0, 0.1) is 11.8 Å². The summed E-state index contributed by atoms with van der Waals surface area (Å²) < 4.78 is 17.6. The van der Waals surface area contributed by atoms with E-state index in [0.29, 0.717) is 30.7 Å². The van der Waals surface area contributed by atoms with Crippen molar-refractivity contribution in [1.82, 2.24) is 10.2 Å². The number of esters is 1. The number of benzene rings is 1. The lowest BCUT2D eigenvalue weighted by Gasteiger charge is -2.39. The molecule has 3 saturated heterocycles. The van der Waals surface area contributed by atoms with Crippen LogP contribution in [-0.2, 0) is 28.7 Å². The summed E-state index contributed by atoms with van der Waals surface area (Å²) in [5.74, 6) is -2.99. The molecule has 0 aromatic heterocycles. The third-order valence-corrected chi connectivity index (χ3v) is 9.59. The second-order valence-corrected chi connectivity index (χ2v) is 12.6. The average molecular weight is 677 g/mol. The normalized spacial score (nSPS) is 28.2.